The summed E-state index contributed by atoms with van der Waals surface area (Å²) >= 11 is 1.43. The molecular formula is C20H21N3O6S. The Morgan fingerprint density at radius 1 is 1.23 bits per heavy atom. The third-order valence-corrected chi connectivity index (χ3v) is 7.24. The van der Waals surface area contributed by atoms with Crippen LogP contribution in [-0.4, -0.2) is 62.7 Å². The summed E-state index contributed by atoms with van der Waals surface area (Å²) in [5, 5.41) is 24.5. The zero-order chi connectivity index (χ0) is 21.6. The molecule has 3 aliphatic rings. The van der Waals surface area contributed by atoms with Crippen LogP contribution in [0.2, 0.25) is 0 Å². The van der Waals surface area contributed by atoms with Gasteiger partial charge in [-0.15, -0.1) is 11.8 Å². The summed E-state index contributed by atoms with van der Waals surface area (Å²) in [7, 11) is 0. The molecule has 0 saturated carbocycles. The third kappa shape index (κ3) is 3.56. The molecule has 1 aromatic rings. The van der Waals surface area contributed by atoms with Crippen LogP contribution in [0, 0.1) is 5.92 Å². The van der Waals surface area contributed by atoms with Crippen LogP contribution in [0.15, 0.2) is 34.9 Å². The number of aliphatic carboxylic acids is 1. The highest BCUT2D eigenvalue weighted by Crippen LogP contribution is 2.48. The number of benzene rings is 1. The number of carboxylic acid groups (broad SMARTS) is 2. The van der Waals surface area contributed by atoms with Crippen molar-refractivity contribution in [2.24, 2.45) is 5.92 Å². The minimum Gasteiger partial charge on any atom is -0.478 e. The molecule has 3 aliphatic heterocycles. The van der Waals surface area contributed by atoms with E-state index in [-0.39, 0.29) is 40.3 Å². The molecule has 4 N–H and O–H groups in total. The highest BCUT2D eigenvalue weighted by molar-refractivity contribution is 8.03. The first-order valence-electron chi connectivity index (χ1n) is 9.60. The number of carbonyl (C=O) groups excluding carboxylic acids is 2. The molecule has 9 nitrogen and oxygen atoms in total. The largest absolute Gasteiger partial charge is 0.478 e. The molecule has 4 unspecified atom stereocenters. The number of β-lactam (4-membered cyclic amide) rings is 1. The number of fused-ring (bicyclic) bond motifs is 1. The van der Waals surface area contributed by atoms with Crippen molar-refractivity contribution in [1.29, 1.82) is 0 Å². The molecule has 0 radical (unpaired) electrons. The SMILES string of the molecule is CC1C(SC2CNC(C(=O)Nc3cccc(C(=O)O)c3)C2)=C(C(=O)O)N2C(=O)CC12. The van der Waals surface area contributed by atoms with E-state index < -0.39 is 18.0 Å². The number of thioether (sulfide) groups is 1. The van der Waals surface area contributed by atoms with Crippen molar-refractivity contribution in [1.82, 2.24) is 10.2 Å². The highest BCUT2D eigenvalue weighted by Gasteiger charge is 2.52. The Hall–Kier alpha value is -2.85. The van der Waals surface area contributed by atoms with Crippen LogP contribution in [0.3, 0.4) is 0 Å². The Bertz CT molecular complexity index is 977. The minimum atomic E-state index is -1.10. The average Bonchev–Trinajstić information content (AvgIpc) is 3.24. The van der Waals surface area contributed by atoms with E-state index in [9.17, 15) is 24.3 Å². The number of carbonyl (C=O) groups is 4. The van der Waals surface area contributed by atoms with E-state index in [1.54, 1.807) is 12.1 Å². The molecule has 158 valence electrons. The molecule has 2 saturated heterocycles. The first-order valence-corrected chi connectivity index (χ1v) is 10.5. The van der Waals surface area contributed by atoms with Crippen LogP contribution in [0.5, 0.6) is 0 Å². The molecule has 0 bridgehead atoms. The van der Waals surface area contributed by atoms with Crippen LogP contribution in [-0.2, 0) is 14.4 Å². The molecular weight excluding hydrogens is 410 g/mol. The lowest BCUT2D eigenvalue weighted by atomic mass is 9.94. The predicted octanol–water partition coefficient (Wildman–Crippen LogP) is 1.33. The lowest BCUT2D eigenvalue weighted by Gasteiger charge is -2.37. The zero-order valence-electron chi connectivity index (χ0n) is 16.1. The monoisotopic (exact) mass is 431 g/mol. The number of anilines is 1. The number of nitrogens with zero attached hydrogens (tertiary/aromatic N) is 1. The van der Waals surface area contributed by atoms with E-state index in [0.717, 1.165) is 0 Å². The summed E-state index contributed by atoms with van der Waals surface area (Å²) in [5.41, 5.74) is 0.566. The maximum absolute atomic E-state index is 12.6. The van der Waals surface area contributed by atoms with Crippen molar-refractivity contribution in [3.8, 4) is 0 Å². The van der Waals surface area contributed by atoms with Crippen molar-refractivity contribution < 1.29 is 29.4 Å². The maximum Gasteiger partial charge on any atom is 0.353 e. The van der Waals surface area contributed by atoms with Crippen LogP contribution >= 0.6 is 11.8 Å². The van der Waals surface area contributed by atoms with Gasteiger partial charge in [0.25, 0.3) is 0 Å². The summed E-state index contributed by atoms with van der Waals surface area (Å²) in [5.74, 6) is -2.64. The summed E-state index contributed by atoms with van der Waals surface area (Å²) in [6.45, 7) is 2.46. The molecule has 10 heteroatoms. The second-order valence-electron chi connectivity index (χ2n) is 7.65. The van der Waals surface area contributed by atoms with Crippen LogP contribution in [0.25, 0.3) is 0 Å². The summed E-state index contributed by atoms with van der Waals surface area (Å²) in [6.07, 6.45) is 0.863. The van der Waals surface area contributed by atoms with Crippen LogP contribution in [0.4, 0.5) is 5.69 Å². The van der Waals surface area contributed by atoms with Crippen molar-refractivity contribution in [2.75, 3.05) is 11.9 Å². The second kappa shape index (κ2) is 7.77. The summed E-state index contributed by atoms with van der Waals surface area (Å²) in [4.78, 5) is 49.3. The fraction of sp³-hybridized carbons (Fsp3) is 0.400. The zero-order valence-corrected chi connectivity index (χ0v) is 16.9. The smallest absolute Gasteiger partial charge is 0.353 e. The van der Waals surface area contributed by atoms with Crippen molar-refractivity contribution >= 4 is 41.2 Å². The number of nitrogens with one attached hydrogen (secondary N) is 2. The van der Waals surface area contributed by atoms with E-state index in [4.69, 9.17) is 5.11 Å². The Morgan fingerprint density at radius 3 is 2.67 bits per heavy atom. The minimum absolute atomic E-state index is 0.00768. The number of hydrogen-bond donors (Lipinski definition) is 4. The van der Waals surface area contributed by atoms with E-state index in [1.165, 1.54) is 28.8 Å². The second-order valence-corrected chi connectivity index (χ2v) is 9.00. The topological polar surface area (TPSA) is 136 Å². The molecule has 30 heavy (non-hydrogen) atoms. The Morgan fingerprint density at radius 2 is 2.00 bits per heavy atom. The molecule has 0 spiro atoms. The first kappa shape index (κ1) is 20.4. The van der Waals surface area contributed by atoms with Gasteiger partial charge in [-0.3, -0.25) is 9.59 Å². The van der Waals surface area contributed by atoms with Gasteiger partial charge in [-0.25, -0.2) is 9.59 Å². The Balaban J connectivity index is 1.41. The van der Waals surface area contributed by atoms with E-state index in [1.807, 2.05) is 6.92 Å². The van der Waals surface area contributed by atoms with Gasteiger partial charge in [0, 0.05) is 34.7 Å². The molecule has 2 amide bonds. The highest BCUT2D eigenvalue weighted by atomic mass is 32.2. The van der Waals surface area contributed by atoms with Crippen molar-refractivity contribution in [3.63, 3.8) is 0 Å². The Labute approximate surface area is 176 Å². The van der Waals surface area contributed by atoms with Gasteiger partial charge in [0.15, 0.2) is 0 Å². The fourth-order valence-electron chi connectivity index (χ4n) is 4.14. The number of aromatic carboxylic acids is 1. The maximum atomic E-state index is 12.6. The fourth-order valence-corrected chi connectivity index (χ4v) is 5.64. The number of hydrogen-bond acceptors (Lipinski definition) is 6. The van der Waals surface area contributed by atoms with Crippen molar-refractivity contribution in [2.45, 2.75) is 37.1 Å². The number of amides is 2. The molecule has 3 heterocycles. The van der Waals surface area contributed by atoms with E-state index in [0.29, 0.717) is 30.0 Å². The number of rotatable bonds is 6. The molecule has 0 aliphatic carbocycles. The summed E-state index contributed by atoms with van der Waals surface area (Å²) < 4.78 is 0. The molecule has 0 aromatic heterocycles. The van der Waals surface area contributed by atoms with Gasteiger partial charge in [0.1, 0.15) is 5.70 Å². The molecule has 4 rings (SSSR count). The van der Waals surface area contributed by atoms with Crippen molar-refractivity contribution in [3.05, 3.63) is 40.4 Å². The Kier molecular flexibility index (Phi) is 5.29. The van der Waals surface area contributed by atoms with Gasteiger partial charge < -0.3 is 25.7 Å². The van der Waals surface area contributed by atoms with Crippen LogP contribution < -0.4 is 10.6 Å². The van der Waals surface area contributed by atoms with Gasteiger partial charge in [-0.05, 0) is 24.6 Å². The quantitative estimate of drug-likeness (QED) is 0.496. The summed E-state index contributed by atoms with van der Waals surface area (Å²) in [6, 6.07) is 5.47. The van der Waals surface area contributed by atoms with E-state index in [2.05, 4.69) is 10.6 Å². The van der Waals surface area contributed by atoms with Gasteiger partial charge in [0.05, 0.1) is 17.6 Å². The third-order valence-electron chi connectivity index (χ3n) is 5.73. The average molecular weight is 431 g/mol. The normalized spacial score (nSPS) is 27.6. The standard InChI is InChI=1S/C20H21N3O6S/c1-9-14-7-15(24)23(14)16(20(28)29)17(9)30-12-6-13(21-8-12)18(25)22-11-4-2-3-10(5-11)19(26)27/h2-5,9,12-14,21H,6-8H2,1H3,(H,22,25)(H,26,27)(H,28,29). The van der Waals surface area contributed by atoms with Gasteiger partial charge >= 0.3 is 11.9 Å². The number of carboxylic acids is 2. The van der Waals surface area contributed by atoms with Gasteiger partial charge in [-0.1, -0.05) is 13.0 Å². The predicted molar refractivity (Wildman–Crippen MR) is 109 cm³/mol. The lowest BCUT2D eigenvalue weighted by Crippen LogP contribution is -2.51. The van der Waals surface area contributed by atoms with E-state index >= 15 is 0 Å². The lowest BCUT2D eigenvalue weighted by molar-refractivity contribution is -0.148. The first-order chi connectivity index (χ1) is 14.3. The van der Waals surface area contributed by atoms with Gasteiger partial charge in [0.2, 0.25) is 11.8 Å². The van der Waals surface area contributed by atoms with Gasteiger partial charge in [-0.2, -0.15) is 0 Å². The van der Waals surface area contributed by atoms with Crippen LogP contribution in [0.1, 0.15) is 30.1 Å². The molecule has 1 aromatic carbocycles. The molecule has 4 atom stereocenters. The molecule has 2 fully saturated rings.